The van der Waals surface area contributed by atoms with E-state index in [0.29, 0.717) is 49.6 Å². The molecule has 1 aliphatic carbocycles. The van der Waals surface area contributed by atoms with E-state index in [2.05, 4.69) is 72.3 Å². The Kier molecular flexibility index (Phi) is 12.8. The quantitative estimate of drug-likeness (QED) is 0.0797. The topological polar surface area (TPSA) is 161 Å². The summed E-state index contributed by atoms with van der Waals surface area (Å²) in [6, 6.07) is 23.9. The summed E-state index contributed by atoms with van der Waals surface area (Å²) in [7, 11) is 0. The van der Waals surface area contributed by atoms with Crippen molar-refractivity contribution in [1.29, 1.82) is 0 Å². The number of carbonyl (C=O) groups excluding carboxylic acids is 2. The Bertz CT molecular complexity index is 2870. The van der Waals surface area contributed by atoms with Crippen LogP contribution in [0.4, 0.5) is 0 Å². The van der Waals surface area contributed by atoms with Gasteiger partial charge in [0, 0.05) is 89.5 Å². The van der Waals surface area contributed by atoms with Crippen molar-refractivity contribution >= 4 is 62.4 Å². The van der Waals surface area contributed by atoms with E-state index in [1.165, 1.54) is 15.8 Å². The van der Waals surface area contributed by atoms with Crippen LogP contribution in [0.1, 0.15) is 95.2 Å². The average Bonchev–Trinajstić information content (AvgIpc) is 4.09. The molecule has 6 heterocycles. The van der Waals surface area contributed by atoms with Crippen LogP contribution in [0.3, 0.4) is 0 Å². The summed E-state index contributed by atoms with van der Waals surface area (Å²) in [6.07, 6.45) is 4.89. The number of fused-ring (bicyclic) bond motifs is 5. The van der Waals surface area contributed by atoms with E-state index in [1.54, 1.807) is 11.3 Å². The fourth-order valence-corrected chi connectivity index (χ4v) is 11.1. The first-order valence-corrected chi connectivity index (χ1v) is 24.4. The maximum absolute atomic E-state index is 14.0. The Morgan fingerprint density at radius 2 is 1.71 bits per heavy atom. The van der Waals surface area contributed by atoms with Crippen molar-refractivity contribution in [3.8, 4) is 10.8 Å². The molecule has 1 saturated heterocycles. The molecule has 2 amide bonds. The molecule has 1 saturated carbocycles. The highest BCUT2D eigenvalue weighted by molar-refractivity contribution is 7.15. The Labute approximate surface area is 393 Å². The number of hydrogen-bond donors (Lipinski definition) is 4. The van der Waals surface area contributed by atoms with Gasteiger partial charge in [0.05, 0.1) is 36.3 Å². The molecule has 14 nitrogen and oxygen atoms in total. The Hall–Kier alpha value is -5.87. The summed E-state index contributed by atoms with van der Waals surface area (Å²) in [6.45, 7) is 11.6. The first-order valence-electron chi connectivity index (χ1n) is 23.2. The van der Waals surface area contributed by atoms with Gasteiger partial charge in [-0.15, -0.1) is 21.5 Å². The van der Waals surface area contributed by atoms with Gasteiger partial charge < -0.3 is 30.2 Å². The molecule has 342 valence electrons. The van der Waals surface area contributed by atoms with Gasteiger partial charge in [-0.05, 0) is 100 Å². The van der Waals surface area contributed by atoms with Crippen molar-refractivity contribution < 1.29 is 14.3 Å². The minimum absolute atomic E-state index is 0.0354. The van der Waals surface area contributed by atoms with Crippen molar-refractivity contribution in [1.82, 2.24) is 50.1 Å². The number of amides is 2. The van der Waals surface area contributed by atoms with Gasteiger partial charge in [0.2, 0.25) is 11.8 Å². The molecule has 0 unspecified atom stereocenters. The summed E-state index contributed by atoms with van der Waals surface area (Å²) in [4.78, 5) is 49.5. The molecule has 2 fully saturated rings. The Morgan fingerprint density at radius 1 is 0.909 bits per heavy atom. The number of nitrogens with one attached hydrogen (secondary N) is 4. The van der Waals surface area contributed by atoms with Gasteiger partial charge >= 0.3 is 0 Å². The molecule has 1 atom stereocenters. The van der Waals surface area contributed by atoms with Crippen molar-refractivity contribution in [2.75, 3.05) is 45.9 Å². The number of benzene rings is 3. The van der Waals surface area contributed by atoms with Crippen molar-refractivity contribution in [2.24, 2.45) is 4.99 Å². The highest BCUT2D eigenvalue weighted by Crippen LogP contribution is 2.40. The lowest BCUT2D eigenvalue weighted by atomic mass is 9.85. The lowest BCUT2D eigenvalue weighted by Gasteiger charge is -2.35. The number of aryl methyl sites for hydroxylation is 2. The molecule has 2 aliphatic heterocycles. The van der Waals surface area contributed by atoms with Gasteiger partial charge in [0.15, 0.2) is 5.82 Å². The number of piperazine rings is 1. The van der Waals surface area contributed by atoms with E-state index in [-0.39, 0.29) is 24.3 Å². The summed E-state index contributed by atoms with van der Waals surface area (Å²) in [5.74, 6) is 3.75. The van der Waals surface area contributed by atoms with Gasteiger partial charge in [0.1, 0.15) is 28.4 Å². The summed E-state index contributed by atoms with van der Waals surface area (Å²) < 4.78 is 8.32. The SMILES string of the molecule is Cc1sc2c(c1C)C(c1ccc(Cl)cc1)=N[C@@H](CC(=O)N1CCN(CCCOc3ccc4nc(C5CCC(NC(=O)CNCc6cc7ccccc7[nH]6)CC5)[nH]c4c3)CC1)c1nnc(C)n1-2. The van der Waals surface area contributed by atoms with Gasteiger partial charge in [-0.25, -0.2) is 4.98 Å². The second-order valence-electron chi connectivity index (χ2n) is 17.9. The molecule has 66 heavy (non-hydrogen) atoms. The molecular weight excluding hydrogens is 870 g/mol. The molecule has 4 aromatic heterocycles. The molecule has 7 aromatic rings. The van der Waals surface area contributed by atoms with Crippen molar-refractivity contribution in [3.63, 3.8) is 0 Å². The number of H-pyrrole nitrogens is 2. The van der Waals surface area contributed by atoms with Crippen LogP contribution < -0.4 is 15.4 Å². The van der Waals surface area contributed by atoms with Crippen LogP contribution in [-0.2, 0) is 16.1 Å². The monoisotopic (exact) mass is 925 g/mol. The molecule has 3 aromatic carbocycles. The second-order valence-corrected chi connectivity index (χ2v) is 19.6. The van der Waals surface area contributed by atoms with Crippen molar-refractivity contribution in [2.45, 2.75) is 83.8 Å². The number of halogens is 1. The van der Waals surface area contributed by atoms with Crippen LogP contribution in [0.2, 0.25) is 5.02 Å². The largest absolute Gasteiger partial charge is 0.493 e. The third-order valence-electron chi connectivity index (χ3n) is 13.5. The number of nitrogens with zero attached hydrogens (tertiary/aromatic N) is 7. The Balaban J connectivity index is 0.667. The molecule has 0 radical (unpaired) electrons. The van der Waals surface area contributed by atoms with Gasteiger partial charge in [-0.3, -0.25) is 24.0 Å². The fraction of sp³-hybridized carbons (Fsp3) is 0.400. The summed E-state index contributed by atoms with van der Waals surface area (Å²) >= 11 is 8.00. The zero-order valence-corrected chi connectivity index (χ0v) is 39.3. The number of aliphatic imine (C=N–C) groups is 1. The lowest BCUT2D eigenvalue weighted by Crippen LogP contribution is -2.49. The van der Waals surface area contributed by atoms with Crippen LogP contribution in [0.5, 0.6) is 5.75 Å². The number of aromatic nitrogens is 6. The third-order valence-corrected chi connectivity index (χ3v) is 14.9. The highest BCUT2D eigenvalue weighted by Gasteiger charge is 2.34. The zero-order valence-electron chi connectivity index (χ0n) is 37.7. The van der Waals surface area contributed by atoms with E-state index in [9.17, 15) is 9.59 Å². The molecule has 0 bridgehead atoms. The minimum Gasteiger partial charge on any atom is -0.493 e. The number of hydrogen-bond acceptors (Lipinski definition) is 10. The number of thiophene rings is 1. The van der Waals surface area contributed by atoms with Gasteiger partial charge in [0.25, 0.3) is 0 Å². The molecular formula is C50H56ClN11O3S. The van der Waals surface area contributed by atoms with Crippen LogP contribution in [0.25, 0.3) is 26.9 Å². The number of carbonyl (C=O) groups is 2. The average molecular weight is 927 g/mol. The fourth-order valence-electron chi connectivity index (χ4n) is 9.75. The van der Waals surface area contributed by atoms with E-state index in [4.69, 9.17) is 26.3 Å². The number of rotatable bonds is 14. The normalized spacial score (nSPS) is 18.8. The van der Waals surface area contributed by atoms with Crippen LogP contribution in [0, 0.1) is 20.8 Å². The standard InChI is InChI=1S/C50H56ClN11O3S/c1-30-31(2)66-50-46(30)47(33-9-13-36(51)14-10-33)55-43(49-59-58-32(3)62(49)50)27-45(64)61-22-20-60(21-23-61)19-6-24-65-39-17-18-41-42(26-39)57-48(56-41)34-11-15-37(16-12-34)54-44(63)29-52-28-38-25-35-7-4-5-8-40(35)53-38/h4-5,7-10,13-14,17-18,25-26,34,37,43,52-53H,6,11-12,15-16,19-24,27-29H2,1-3H3,(H,54,63)(H,56,57)/t34?,37?,43-/m0/s1. The maximum atomic E-state index is 14.0. The number of imidazole rings is 1. The summed E-state index contributed by atoms with van der Waals surface area (Å²) in [5.41, 5.74) is 8.13. The minimum atomic E-state index is -0.483. The first kappa shape index (κ1) is 44.0. The maximum Gasteiger partial charge on any atom is 0.234 e. The van der Waals surface area contributed by atoms with E-state index in [0.717, 1.165) is 113 Å². The molecule has 3 aliphatic rings. The van der Waals surface area contributed by atoms with E-state index in [1.807, 2.05) is 66.4 Å². The number of aromatic amines is 2. The molecule has 4 N–H and O–H groups in total. The van der Waals surface area contributed by atoms with Gasteiger partial charge in [-0.1, -0.05) is 41.9 Å². The smallest absolute Gasteiger partial charge is 0.234 e. The van der Waals surface area contributed by atoms with Crippen LogP contribution >= 0.6 is 22.9 Å². The molecule has 16 heteroatoms. The third kappa shape index (κ3) is 9.39. The van der Waals surface area contributed by atoms with Crippen LogP contribution in [0.15, 0.2) is 77.8 Å². The molecule has 0 spiro atoms. The van der Waals surface area contributed by atoms with E-state index < -0.39 is 6.04 Å². The zero-order chi connectivity index (χ0) is 45.3. The number of ether oxygens (including phenoxy) is 1. The highest BCUT2D eigenvalue weighted by atomic mass is 35.5. The van der Waals surface area contributed by atoms with Crippen LogP contribution in [-0.4, -0.2) is 109 Å². The molecule has 10 rings (SSSR count). The van der Waals surface area contributed by atoms with E-state index >= 15 is 0 Å². The predicted molar refractivity (Wildman–Crippen MR) is 260 cm³/mol. The predicted octanol–water partition coefficient (Wildman–Crippen LogP) is 8.09. The lowest BCUT2D eigenvalue weighted by molar-refractivity contribution is -0.133. The summed E-state index contributed by atoms with van der Waals surface area (Å²) in [5, 5.41) is 18.4. The first-order chi connectivity index (χ1) is 32.1. The number of para-hydroxylation sites is 1. The Morgan fingerprint density at radius 3 is 2.52 bits per heavy atom. The van der Waals surface area contributed by atoms with Crippen molar-refractivity contribution in [3.05, 3.63) is 123 Å². The second kappa shape index (κ2) is 19.2. The van der Waals surface area contributed by atoms with Gasteiger partial charge in [-0.2, -0.15) is 0 Å².